The number of thioether (sulfide) groups is 1. The second kappa shape index (κ2) is 12.9. The molecule has 2 unspecified atom stereocenters. The van der Waals surface area contributed by atoms with Gasteiger partial charge in [0.2, 0.25) is 6.10 Å². The van der Waals surface area contributed by atoms with Crippen molar-refractivity contribution in [1.82, 2.24) is 5.32 Å². The number of carbonyl (C=O) groups is 1. The molecule has 0 heterocycles. The van der Waals surface area contributed by atoms with Gasteiger partial charge < -0.3 is 10.1 Å². The zero-order valence-electron chi connectivity index (χ0n) is 16.8. The van der Waals surface area contributed by atoms with Crippen molar-refractivity contribution in [3.8, 4) is 5.75 Å². The van der Waals surface area contributed by atoms with E-state index in [0.29, 0.717) is 10.3 Å². The molecule has 8 heteroatoms. The molecule has 0 fully saturated rings. The summed E-state index contributed by atoms with van der Waals surface area (Å²) >= 11 is 25.9. The first kappa shape index (κ1) is 25.5. The Morgan fingerprint density at radius 2 is 2.03 bits per heavy atom. The molecular formula is C22H25Cl4NO2S. The van der Waals surface area contributed by atoms with Gasteiger partial charge in [-0.2, -0.15) is 0 Å². The Morgan fingerprint density at radius 1 is 1.27 bits per heavy atom. The van der Waals surface area contributed by atoms with Crippen molar-refractivity contribution < 1.29 is 9.53 Å². The van der Waals surface area contributed by atoms with Crippen molar-refractivity contribution in [2.24, 2.45) is 0 Å². The van der Waals surface area contributed by atoms with Crippen LogP contribution < -0.4 is 10.1 Å². The lowest BCUT2D eigenvalue weighted by Gasteiger charge is -2.23. The van der Waals surface area contributed by atoms with Crippen molar-refractivity contribution in [1.29, 1.82) is 0 Å². The van der Waals surface area contributed by atoms with Gasteiger partial charge in [-0.05, 0) is 43.5 Å². The SMILES string of the molecule is CC(C)SC1=CC=CC(NC(=O)C(Oc2ccc(Cl)cc2Cl)C(Cl)Cl)CCCC=C1. The van der Waals surface area contributed by atoms with Crippen molar-refractivity contribution >= 4 is 64.1 Å². The number of nitrogens with one attached hydrogen (secondary N) is 1. The molecular weight excluding hydrogens is 484 g/mol. The van der Waals surface area contributed by atoms with E-state index in [-0.39, 0.29) is 16.8 Å². The van der Waals surface area contributed by atoms with Crippen molar-refractivity contribution in [2.45, 2.75) is 55.3 Å². The minimum atomic E-state index is -1.11. The third-order valence-electron chi connectivity index (χ3n) is 4.11. The van der Waals surface area contributed by atoms with E-state index in [1.807, 2.05) is 12.2 Å². The van der Waals surface area contributed by atoms with Crippen molar-refractivity contribution in [2.75, 3.05) is 0 Å². The Balaban J connectivity index is 2.09. The van der Waals surface area contributed by atoms with Crippen LogP contribution in [-0.4, -0.2) is 28.1 Å². The molecule has 0 spiro atoms. The quantitative estimate of drug-likeness (QED) is 0.391. The minimum Gasteiger partial charge on any atom is -0.476 e. The van der Waals surface area contributed by atoms with Crippen LogP contribution in [-0.2, 0) is 4.79 Å². The van der Waals surface area contributed by atoms with Crippen LogP contribution in [0.15, 0.2) is 53.5 Å². The van der Waals surface area contributed by atoms with Crippen LogP contribution in [0.3, 0.4) is 0 Å². The topological polar surface area (TPSA) is 38.3 Å². The molecule has 0 bridgehead atoms. The van der Waals surface area contributed by atoms with E-state index in [0.717, 1.165) is 19.3 Å². The summed E-state index contributed by atoms with van der Waals surface area (Å²) in [6.45, 7) is 4.32. The number of alkyl halides is 2. The first-order valence-electron chi connectivity index (χ1n) is 9.68. The van der Waals surface area contributed by atoms with Gasteiger partial charge in [0.1, 0.15) is 5.75 Å². The number of benzene rings is 1. The molecule has 164 valence electrons. The van der Waals surface area contributed by atoms with Gasteiger partial charge in [0, 0.05) is 21.2 Å². The van der Waals surface area contributed by atoms with Crippen LogP contribution >= 0.6 is 58.2 Å². The van der Waals surface area contributed by atoms with E-state index in [4.69, 9.17) is 51.1 Å². The Labute approximate surface area is 202 Å². The van der Waals surface area contributed by atoms with Gasteiger partial charge in [-0.25, -0.2) is 0 Å². The summed E-state index contributed by atoms with van der Waals surface area (Å²) in [6, 6.07) is 4.56. The molecule has 1 aromatic rings. The highest BCUT2D eigenvalue weighted by Gasteiger charge is 2.29. The average Bonchev–Trinajstić information content (AvgIpc) is 2.65. The maximum absolute atomic E-state index is 12.9. The van der Waals surface area contributed by atoms with Gasteiger partial charge in [0.05, 0.1) is 5.02 Å². The van der Waals surface area contributed by atoms with E-state index in [2.05, 4.69) is 37.4 Å². The smallest absolute Gasteiger partial charge is 0.264 e. The number of amides is 1. The number of carbonyl (C=O) groups excluding carboxylic acids is 1. The second-order valence-electron chi connectivity index (χ2n) is 7.02. The summed E-state index contributed by atoms with van der Waals surface area (Å²) in [5.74, 6) is -0.114. The summed E-state index contributed by atoms with van der Waals surface area (Å²) in [7, 11) is 0. The fourth-order valence-electron chi connectivity index (χ4n) is 2.75. The fourth-order valence-corrected chi connectivity index (χ4v) is 4.42. The summed E-state index contributed by atoms with van der Waals surface area (Å²) in [4.78, 5) is 13.0. The average molecular weight is 509 g/mol. The number of rotatable bonds is 7. The van der Waals surface area contributed by atoms with Crippen LogP contribution in [0.1, 0.15) is 33.1 Å². The second-order valence-corrected chi connectivity index (χ2v) is 10.7. The predicted molar refractivity (Wildman–Crippen MR) is 131 cm³/mol. The Hall–Kier alpha value is -0.780. The number of hydrogen-bond acceptors (Lipinski definition) is 3. The number of ether oxygens (including phenoxy) is 1. The van der Waals surface area contributed by atoms with Crippen molar-refractivity contribution in [3.05, 3.63) is 63.5 Å². The molecule has 1 amide bonds. The first-order valence-corrected chi connectivity index (χ1v) is 12.2. The van der Waals surface area contributed by atoms with Crippen LogP contribution in [0, 0.1) is 0 Å². The Kier molecular flexibility index (Phi) is 11.0. The maximum atomic E-state index is 12.9. The molecule has 2 atom stereocenters. The molecule has 0 saturated heterocycles. The number of hydrogen-bond donors (Lipinski definition) is 1. The molecule has 0 saturated carbocycles. The normalized spacial score (nSPS) is 18.3. The van der Waals surface area contributed by atoms with E-state index >= 15 is 0 Å². The fraction of sp³-hybridized carbons (Fsp3) is 0.409. The van der Waals surface area contributed by atoms with Crippen LogP contribution in [0.5, 0.6) is 5.75 Å². The maximum Gasteiger partial charge on any atom is 0.264 e. The highest BCUT2D eigenvalue weighted by Crippen LogP contribution is 2.30. The Bertz CT molecular complexity index is 808. The van der Waals surface area contributed by atoms with E-state index in [9.17, 15) is 4.79 Å². The standard InChI is InChI=1S/C22H25Cl4NO2S/c1-14(2)30-17-9-5-3-4-7-16(8-6-10-17)27-22(28)20(21(25)26)29-19-12-11-15(23)13-18(19)24/h5-6,8-14,16,20-21H,3-4,7H2,1-2H3,(H,27,28). The summed E-state index contributed by atoms with van der Waals surface area (Å²) in [5.41, 5.74) is 0. The molecule has 2 rings (SSSR count). The molecule has 1 aromatic carbocycles. The molecule has 0 radical (unpaired) electrons. The Morgan fingerprint density at radius 3 is 2.70 bits per heavy atom. The monoisotopic (exact) mass is 507 g/mol. The van der Waals surface area contributed by atoms with E-state index in [1.165, 1.54) is 11.0 Å². The highest BCUT2D eigenvalue weighted by atomic mass is 35.5. The summed E-state index contributed by atoms with van der Waals surface area (Å²) in [6.07, 6.45) is 11.9. The van der Waals surface area contributed by atoms with Crippen LogP contribution in [0.4, 0.5) is 0 Å². The number of halogens is 4. The number of allylic oxidation sites excluding steroid dienone is 4. The lowest BCUT2D eigenvalue weighted by atomic mass is 10.1. The zero-order valence-corrected chi connectivity index (χ0v) is 20.6. The minimum absolute atomic E-state index is 0.163. The predicted octanol–water partition coefficient (Wildman–Crippen LogP) is 7.35. The summed E-state index contributed by atoms with van der Waals surface area (Å²) in [5, 5.41) is 4.21. The largest absolute Gasteiger partial charge is 0.476 e. The van der Waals surface area contributed by atoms with Crippen molar-refractivity contribution in [3.63, 3.8) is 0 Å². The lowest BCUT2D eigenvalue weighted by Crippen LogP contribution is -2.46. The summed E-state index contributed by atoms with van der Waals surface area (Å²) < 4.78 is 5.71. The van der Waals surface area contributed by atoms with Crippen LogP contribution in [0.25, 0.3) is 0 Å². The van der Waals surface area contributed by atoms with Gasteiger partial charge >= 0.3 is 0 Å². The molecule has 0 aliphatic heterocycles. The molecule has 1 aliphatic carbocycles. The van der Waals surface area contributed by atoms with Gasteiger partial charge in [-0.1, -0.05) is 61.4 Å². The van der Waals surface area contributed by atoms with E-state index < -0.39 is 16.8 Å². The first-order chi connectivity index (χ1) is 14.3. The van der Waals surface area contributed by atoms with E-state index in [1.54, 1.807) is 23.9 Å². The third kappa shape index (κ3) is 8.76. The van der Waals surface area contributed by atoms with Gasteiger partial charge in [0.25, 0.3) is 5.91 Å². The third-order valence-corrected chi connectivity index (χ3v) is 6.11. The highest BCUT2D eigenvalue weighted by molar-refractivity contribution is 8.03. The molecule has 1 aliphatic rings. The molecule has 3 nitrogen and oxygen atoms in total. The molecule has 1 N–H and O–H groups in total. The van der Waals surface area contributed by atoms with Gasteiger partial charge in [-0.15, -0.1) is 35.0 Å². The van der Waals surface area contributed by atoms with Crippen LogP contribution in [0.2, 0.25) is 10.0 Å². The molecule has 30 heavy (non-hydrogen) atoms. The zero-order chi connectivity index (χ0) is 22.1. The van der Waals surface area contributed by atoms with Gasteiger partial charge in [-0.3, -0.25) is 4.79 Å². The van der Waals surface area contributed by atoms with Gasteiger partial charge in [0.15, 0.2) is 4.84 Å². The lowest BCUT2D eigenvalue weighted by molar-refractivity contribution is -0.127. The molecule has 0 aromatic heterocycles.